The number of rotatable bonds is 10. The molecule has 0 aliphatic carbocycles. The van der Waals surface area contributed by atoms with Crippen LogP contribution in [0, 0.1) is 6.92 Å². The molecule has 0 saturated carbocycles. The van der Waals surface area contributed by atoms with Gasteiger partial charge in [0.25, 0.3) is 0 Å². The number of hydrogen-bond acceptors (Lipinski definition) is 4. The molecule has 0 bridgehead atoms. The van der Waals surface area contributed by atoms with Gasteiger partial charge in [-0.05, 0) is 61.7 Å². The van der Waals surface area contributed by atoms with E-state index in [2.05, 4.69) is 21.2 Å². The van der Waals surface area contributed by atoms with Crippen LogP contribution in [0.5, 0.6) is 0 Å². The molecule has 11 heteroatoms. The van der Waals surface area contributed by atoms with Crippen LogP contribution in [0.15, 0.2) is 40.9 Å². The van der Waals surface area contributed by atoms with Crippen molar-refractivity contribution < 1.29 is 18.0 Å². The second kappa shape index (κ2) is 12.2. The van der Waals surface area contributed by atoms with Crippen LogP contribution in [-0.4, -0.2) is 50.5 Å². The molecule has 0 heterocycles. The van der Waals surface area contributed by atoms with Crippen molar-refractivity contribution in [3.8, 4) is 0 Å². The Morgan fingerprint density at radius 2 is 1.82 bits per heavy atom. The highest BCUT2D eigenvalue weighted by Crippen LogP contribution is 2.26. The molecule has 2 rings (SSSR count). The SMILES string of the molecule is CCCNC(=O)C(C)N(Cc1ccc(Cl)cc1Cl)C(=O)CN(c1ccc(Br)c(C)c1)S(C)(=O)=O. The van der Waals surface area contributed by atoms with Gasteiger partial charge in [0.1, 0.15) is 12.6 Å². The van der Waals surface area contributed by atoms with Crippen LogP contribution in [0.4, 0.5) is 5.69 Å². The molecule has 0 spiro atoms. The summed E-state index contributed by atoms with van der Waals surface area (Å²) in [6, 6.07) is 9.02. The van der Waals surface area contributed by atoms with Crippen molar-refractivity contribution in [1.29, 1.82) is 0 Å². The summed E-state index contributed by atoms with van der Waals surface area (Å²) in [5, 5.41) is 3.56. The minimum Gasteiger partial charge on any atom is -0.354 e. The number of carbonyl (C=O) groups excluding carboxylic acids is 2. The molecule has 2 aromatic rings. The van der Waals surface area contributed by atoms with E-state index in [9.17, 15) is 18.0 Å². The highest BCUT2D eigenvalue weighted by atomic mass is 79.9. The third-order valence-electron chi connectivity index (χ3n) is 5.18. The van der Waals surface area contributed by atoms with Gasteiger partial charge >= 0.3 is 0 Å². The summed E-state index contributed by atoms with van der Waals surface area (Å²) < 4.78 is 27.1. The molecular weight excluding hydrogens is 565 g/mol. The van der Waals surface area contributed by atoms with Crippen LogP contribution in [0.2, 0.25) is 10.0 Å². The van der Waals surface area contributed by atoms with Crippen LogP contribution < -0.4 is 9.62 Å². The van der Waals surface area contributed by atoms with E-state index in [4.69, 9.17) is 23.2 Å². The van der Waals surface area contributed by atoms with Crippen LogP contribution in [0.3, 0.4) is 0 Å². The van der Waals surface area contributed by atoms with Crippen molar-refractivity contribution in [2.45, 2.75) is 39.8 Å². The van der Waals surface area contributed by atoms with Crippen LogP contribution in [0.1, 0.15) is 31.4 Å². The summed E-state index contributed by atoms with van der Waals surface area (Å²) in [4.78, 5) is 27.5. The molecule has 2 amide bonds. The largest absolute Gasteiger partial charge is 0.354 e. The second-order valence-corrected chi connectivity index (χ2v) is 11.5. The maximum atomic E-state index is 13.5. The molecule has 7 nitrogen and oxygen atoms in total. The zero-order chi connectivity index (χ0) is 25.6. The Hall–Kier alpha value is -1.81. The maximum Gasteiger partial charge on any atom is 0.244 e. The first-order valence-electron chi connectivity index (χ1n) is 10.6. The summed E-state index contributed by atoms with van der Waals surface area (Å²) in [6.45, 7) is 5.33. The fourth-order valence-corrected chi connectivity index (χ4v) is 4.77. The monoisotopic (exact) mass is 591 g/mol. The number of halogens is 3. The molecule has 1 atom stereocenters. The third kappa shape index (κ3) is 7.60. The average molecular weight is 593 g/mol. The van der Waals surface area contributed by atoms with Crippen molar-refractivity contribution in [3.63, 3.8) is 0 Å². The Labute approximate surface area is 219 Å². The van der Waals surface area contributed by atoms with E-state index in [1.54, 1.807) is 43.3 Å². The summed E-state index contributed by atoms with van der Waals surface area (Å²) in [7, 11) is -3.80. The lowest BCUT2D eigenvalue weighted by Gasteiger charge is -2.31. The number of benzene rings is 2. The minimum atomic E-state index is -3.80. The first kappa shape index (κ1) is 28.4. The van der Waals surface area contributed by atoms with E-state index >= 15 is 0 Å². The zero-order valence-electron chi connectivity index (χ0n) is 19.4. The van der Waals surface area contributed by atoms with E-state index in [0.29, 0.717) is 27.8 Å². The van der Waals surface area contributed by atoms with Gasteiger partial charge in [-0.1, -0.05) is 52.1 Å². The fraction of sp³-hybridized carbons (Fsp3) is 0.391. The normalized spacial score (nSPS) is 12.2. The molecule has 1 N–H and O–H groups in total. The predicted octanol–water partition coefficient (Wildman–Crippen LogP) is 4.77. The molecule has 0 saturated heterocycles. The van der Waals surface area contributed by atoms with Gasteiger partial charge in [-0.15, -0.1) is 0 Å². The number of hydrogen-bond donors (Lipinski definition) is 1. The van der Waals surface area contributed by atoms with Gasteiger partial charge in [0.15, 0.2) is 0 Å². The van der Waals surface area contributed by atoms with Crippen molar-refractivity contribution in [2.24, 2.45) is 0 Å². The van der Waals surface area contributed by atoms with Crippen molar-refractivity contribution >= 4 is 66.7 Å². The van der Waals surface area contributed by atoms with E-state index in [1.165, 1.54) is 4.90 Å². The molecule has 1 unspecified atom stereocenters. The Balaban J connectivity index is 2.42. The number of nitrogens with one attached hydrogen (secondary N) is 1. The number of sulfonamides is 1. The highest BCUT2D eigenvalue weighted by molar-refractivity contribution is 9.10. The van der Waals surface area contributed by atoms with Crippen LogP contribution in [-0.2, 0) is 26.2 Å². The molecule has 0 aliphatic rings. The topological polar surface area (TPSA) is 86.8 Å². The van der Waals surface area contributed by atoms with Crippen LogP contribution in [0.25, 0.3) is 0 Å². The molecule has 0 radical (unpaired) electrons. The molecule has 0 aliphatic heterocycles. The van der Waals surface area contributed by atoms with Gasteiger partial charge in [-0.25, -0.2) is 8.42 Å². The predicted molar refractivity (Wildman–Crippen MR) is 141 cm³/mol. The molecule has 0 fully saturated rings. The lowest BCUT2D eigenvalue weighted by molar-refractivity contribution is -0.139. The van der Waals surface area contributed by atoms with Crippen LogP contribution >= 0.6 is 39.1 Å². The Bertz CT molecular complexity index is 1160. The lowest BCUT2D eigenvalue weighted by atomic mass is 10.1. The van der Waals surface area contributed by atoms with Crippen molar-refractivity contribution in [1.82, 2.24) is 10.2 Å². The quantitative estimate of drug-likeness (QED) is 0.430. The molecule has 0 aromatic heterocycles. The van der Waals surface area contributed by atoms with E-state index in [1.807, 2.05) is 13.8 Å². The zero-order valence-corrected chi connectivity index (χ0v) is 23.4. The molecule has 2 aromatic carbocycles. The third-order valence-corrected chi connectivity index (χ3v) is 7.80. The summed E-state index contributed by atoms with van der Waals surface area (Å²) in [6.07, 6.45) is 1.77. The van der Waals surface area contributed by atoms with Gasteiger partial charge in [0.2, 0.25) is 21.8 Å². The minimum absolute atomic E-state index is 0.00646. The Morgan fingerprint density at radius 1 is 1.15 bits per heavy atom. The van der Waals surface area contributed by atoms with Gasteiger partial charge in [-0.2, -0.15) is 0 Å². The number of amides is 2. The summed E-state index contributed by atoms with van der Waals surface area (Å²) >= 11 is 15.7. The molecule has 34 heavy (non-hydrogen) atoms. The summed E-state index contributed by atoms with van der Waals surface area (Å²) in [5.41, 5.74) is 1.75. The smallest absolute Gasteiger partial charge is 0.244 e. The molecule has 186 valence electrons. The number of nitrogens with zero attached hydrogens (tertiary/aromatic N) is 2. The van der Waals surface area contributed by atoms with Gasteiger partial charge in [-0.3, -0.25) is 13.9 Å². The Kier molecular flexibility index (Phi) is 10.2. The number of aryl methyl sites for hydroxylation is 1. The standard InChI is InChI=1S/C23H28BrCl2N3O4S/c1-5-10-27-23(31)16(3)28(13-17-6-7-18(25)12-21(17)26)22(30)14-29(34(4,32)33)19-8-9-20(24)15(2)11-19/h6-9,11-12,16H,5,10,13-14H2,1-4H3,(H,27,31). The highest BCUT2D eigenvalue weighted by Gasteiger charge is 2.30. The van der Waals surface area contributed by atoms with Crippen molar-refractivity contribution in [2.75, 3.05) is 23.7 Å². The van der Waals surface area contributed by atoms with Gasteiger partial charge < -0.3 is 10.2 Å². The van der Waals surface area contributed by atoms with E-state index in [0.717, 1.165) is 27.0 Å². The number of anilines is 1. The second-order valence-electron chi connectivity index (χ2n) is 7.93. The van der Waals surface area contributed by atoms with Gasteiger partial charge in [0, 0.05) is 27.6 Å². The van der Waals surface area contributed by atoms with E-state index < -0.39 is 28.5 Å². The number of carbonyl (C=O) groups is 2. The van der Waals surface area contributed by atoms with Gasteiger partial charge in [0.05, 0.1) is 11.9 Å². The Morgan fingerprint density at radius 3 is 2.38 bits per heavy atom. The molecular formula is C23H28BrCl2N3O4S. The van der Waals surface area contributed by atoms with Crippen molar-refractivity contribution in [3.05, 3.63) is 62.0 Å². The van der Waals surface area contributed by atoms with E-state index in [-0.39, 0.29) is 12.5 Å². The average Bonchev–Trinajstić information content (AvgIpc) is 2.75. The fourth-order valence-electron chi connectivity index (χ4n) is 3.21. The maximum absolute atomic E-state index is 13.5. The first-order chi connectivity index (χ1) is 15.8. The lowest BCUT2D eigenvalue weighted by Crippen LogP contribution is -2.51. The first-order valence-corrected chi connectivity index (χ1v) is 14.0. The summed E-state index contributed by atoms with van der Waals surface area (Å²) in [5.74, 6) is -0.887.